The zero-order chi connectivity index (χ0) is 19.9. The van der Waals surface area contributed by atoms with Gasteiger partial charge >= 0.3 is 0 Å². The van der Waals surface area contributed by atoms with Crippen molar-refractivity contribution in [3.05, 3.63) is 30.2 Å². The van der Waals surface area contributed by atoms with Crippen molar-refractivity contribution < 1.29 is 14.6 Å². The number of amides is 1. The van der Waals surface area contributed by atoms with Crippen LogP contribution in [0, 0.1) is 0 Å². The number of nitrogens with one attached hydrogen (secondary N) is 1. The van der Waals surface area contributed by atoms with Gasteiger partial charge < -0.3 is 15.2 Å². The second kappa shape index (κ2) is 7.10. The molecule has 2 N–H and O–H groups in total. The molecule has 0 unspecified atom stereocenters. The van der Waals surface area contributed by atoms with Gasteiger partial charge in [0.05, 0.1) is 30.2 Å². The minimum Gasteiger partial charge on any atom is -0.384 e. The molecule has 0 bridgehead atoms. The van der Waals surface area contributed by atoms with E-state index >= 15 is 0 Å². The van der Waals surface area contributed by atoms with Crippen molar-refractivity contribution in [1.82, 2.24) is 15.0 Å². The third-order valence-corrected chi connectivity index (χ3v) is 5.40. The van der Waals surface area contributed by atoms with Gasteiger partial charge in [-0.3, -0.25) is 14.7 Å². The van der Waals surface area contributed by atoms with Crippen molar-refractivity contribution in [1.29, 1.82) is 0 Å². The zero-order valence-electron chi connectivity index (χ0n) is 16.3. The number of pyridine rings is 1. The second-order valence-corrected chi connectivity index (χ2v) is 7.86. The van der Waals surface area contributed by atoms with Crippen LogP contribution in [-0.2, 0) is 15.1 Å². The summed E-state index contributed by atoms with van der Waals surface area (Å²) in [7, 11) is 1.71. The summed E-state index contributed by atoms with van der Waals surface area (Å²) in [5, 5.41) is 13.1. The highest BCUT2D eigenvalue weighted by atomic mass is 16.5. The molecule has 1 saturated carbocycles. The Morgan fingerprint density at radius 1 is 1.25 bits per heavy atom. The van der Waals surface area contributed by atoms with E-state index in [1.165, 1.54) is 0 Å². The predicted molar refractivity (Wildman–Crippen MR) is 105 cm³/mol. The number of aromatic nitrogens is 3. The fraction of sp³-hybridized carbons (Fsp3) is 0.500. The van der Waals surface area contributed by atoms with Gasteiger partial charge in [-0.25, -0.2) is 9.97 Å². The molecule has 1 aliphatic carbocycles. The minimum absolute atomic E-state index is 0.00351. The molecule has 148 valence electrons. The lowest BCUT2D eigenvalue weighted by atomic mass is 10.0. The monoisotopic (exact) mass is 383 g/mol. The van der Waals surface area contributed by atoms with Crippen LogP contribution >= 0.6 is 0 Å². The molecule has 2 aromatic rings. The van der Waals surface area contributed by atoms with Crippen LogP contribution in [0.4, 0.5) is 11.6 Å². The number of hydrogen-bond acceptors (Lipinski definition) is 7. The van der Waals surface area contributed by atoms with Crippen LogP contribution in [0.25, 0.3) is 11.3 Å². The van der Waals surface area contributed by atoms with Crippen LogP contribution in [0.1, 0.15) is 38.8 Å². The number of ether oxygens (including phenoxy) is 1. The molecule has 2 aromatic heterocycles. The van der Waals surface area contributed by atoms with E-state index < -0.39 is 5.60 Å². The van der Waals surface area contributed by atoms with Gasteiger partial charge in [0.15, 0.2) is 11.6 Å². The normalized spacial score (nSPS) is 22.1. The number of aliphatic hydroxyl groups is 1. The molecule has 4 rings (SSSR count). The molecule has 0 aromatic carbocycles. The highest BCUT2D eigenvalue weighted by Gasteiger charge is 2.37. The van der Waals surface area contributed by atoms with Crippen LogP contribution in [0.5, 0.6) is 0 Å². The number of rotatable bonds is 4. The standard InChI is InChI=1S/C20H25N5O3/c1-20(2,27)16-7-4-12(9-21-16)15-10-22-18-19(24-15)25(17(26)11-23-18)13-5-6-14(8-13)28-3/h4,7,9-10,13-14,27H,5-6,8,11H2,1-3H3,(H,22,23)/t13-,14+/m1/s1. The Hall–Kier alpha value is -2.58. The molecule has 1 amide bonds. The number of carbonyl (C=O) groups excluding carboxylic acids is 1. The van der Waals surface area contributed by atoms with Crippen molar-refractivity contribution in [3.63, 3.8) is 0 Å². The first-order valence-corrected chi connectivity index (χ1v) is 9.52. The average Bonchev–Trinajstić information content (AvgIpc) is 3.15. The van der Waals surface area contributed by atoms with Crippen molar-refractivity contribution in [3.8, 4) is 11.3 Å². The number of fused-ring (bicyclic) bond motifs is 1. The van der Waals surface area contributed by atoms with Crippen molar-refractivity contribution in [2.45, 2.75) is 50.9 Å². The molecule has 1 aliphatic heterocycles. The van der Waals surface area contributed by atoms with E-state index in [9.17, 15) is 9.90 Å². The molecule has 3 heterocycles. The fourth-order valence-corrected chi connectivity index (χ4v) is 3.82. The number of anilines is 2. The summed E-state index contributed by atoms with van der Waals surface area (Å²) in [4.78, 5) is 28.0. The van der Waals surface area contributed by atoms with E-state index in [0.717, 1.165) is 24.8 Å². The molecule has 0 saturated heterocycles. The van der Waals surface area contributed by atoms with Gasteiger partial charge in [-0.1, -0.05) is 0 Å². The van der Waals surface area contributed by atoms with E-state index in [-0.39, 0.29) is 24.6 Å². The number of methoxy groups -OCH3 is 1. The third kappa shape index (κ3) is 3.45. The molecule has 2 atom stereocenters. The first-order chi connectivity index (χ1) is 13.4. The average molecular weight is 383 g/mol. The maximum Gasteiger partial charge on any atom is 0.247 e. The SMILES string of the molecule is CO[C@H]1CC[C@@H](N2C(=O)CNc3ncc(-c4ccc(C(C)(C)O)nc4)nc32)C1. The van der Waals surface area contributed by atoms with Gasteiger partial charge in [0.1, 0.15) is 5.60 Å². The topological polar surface area (TPSA) is 100 Å². The maximum absolute atomic E-state index is 12.7. The molecular formula is C20H25N5O3. The summed E-state index contributed by atoms with van der Waals surface area (Å²) < 4.78 is 5.47. The number of nitrogens with zero attached hydrogens (tertiary/aromatic N) is 4. The second-order valence-electron chi connectivity index (χ2n) is 7.86. The summed E-state index contributed by atoms with van der Waals surface area (Å²) >= 11 is 0. The Labute approximate surface area is 164 Å². The van der Waals surface area contributed by atoms with Crippen LogP contribution in [0.2, 0.25) is 0 Å². The van der Waals surface area contributed by atoms with Gasteiger partial charge in [0.25, 0.3) is 0 Å². The van der Waals surface area contributed by atoms with E-state index in [1.54, 1.807) is 44.3 Å². The predicted octanol–water partition coefficient (Wildman–Crippen LogP) is 2.09. The molecule has 2 aliphatic rings. The largest absolute Gasteiger partial charge is 0.384 e. The fourth-order valence-electron chi connectivity index (χ4n) is 3.82. The Bertz CT molecular complexity index is 878. The number of carbonyl (C=O) groups is 1. The van der Waals surface area contributed by atoms with Gasteiger partial charge in [-0.15, -0.1) is 0 Å². The Balaban J connectivity index is 1.67. The Morgan fingerprint density at radius 2 is 2.07 bits per heavy atom. The van der Waals surface area contributed by atoms with E-state index in [1.807, 2.05) is 6.07 Å². The van der Waals surface area contributed by atoms with Gasteiger partial charge in [0, 0.05) is 24.9 Å². The summed E-state index contributed by atoms with van der Waals surface area (Å²) in [6, 6.07) is 3.70. The molecule has 1 fully saturated rings. The summed E-state index contributed by atoms with van der Waals surface area (Å²) in [6.07, 6.45) is 6.14. The van der Waals surface area contributed by atoms with Gasteiger partial charge in [-0.2, -0.15) is 0 Å². The van der Waals surface area contributed by atoms with Crippen LogP contribution < -0.4 is 10.2 Å². The molecular weight excluding hydrogens is 358 g/mol. The first kappa shape index (κ1) is 18.8. The smallest absolute Gasteiger partial charge is 0.247 e. The van der Waals surface area contributed by atoms with E-state index in [2.05, 4.69) is 15.3 Å². The summed E-state index contributed by atoms with van der Waals surface area (Å²) in [6.45, 7) is 3.60. The molecule has 8 heteroatoms. The molecule has 0 spiro atoms. The highest BCUT2D eigenvalue weighted by molar-refractivity contribution is 6.01. The minimum atomic E-state index is -1.01. The van der Waals surface area contributed by atoms with Crippen LogP contribution in [0.15, 0.2) is 24.5 Å². The third-order valence-electron chi connectivity index (χ3n) is 5.40. The lowest BCUT2D eigenvalue weighted by Crippen LogP contribution is -2.46. The van der Waals surface area contributed by atoms with Gasteiger partial charge in [-0.05, 0) is 45.2 Å². The lowest BCUT2D eigenvalue weighted by molar-refractivity contribution is -0.117. The van der Waals surface area contributed by atoms with Gasteiger partial charge in [0.2, 0.25) is 5.91 Å². The summed E-state index contributed by atoms with van der Waals surface area (Å²) in [5.74, 6) is 1.17. The quantitative estimate of drug-likeness (QED) is 0.834. The van der Waals surface area contributed by atoms with Crippen molar-refractivity contribution in [2.75, 3.05) is 23.9 Å². The zero-order valence-corrected chi connectivity index (χ0v) is 16.3. The summed E-state index contributed by atoms with van der Waals surface area (Å²) in [5.41, 5.74) is 0.990. The molecule has 0 radical (unpaired) electrons. The Morgan fingerprint density at radius 3 is 2.71 bits per heavy atom. The molecule has 28 heavy (non-hydrogen) atoms. The van der Waals surface area contributed by atoms with Crippen molar-refractivity contribution >= 4 is 17.5 Å². The van der Waals surface area contributed by atoms with E-state index in [0.29, 0.717) is 23.0 Å². The molecule has 8 nitrogen and oxygen atoms in total. The highest BCUT2D eigenvalue weighted by Crippen LogP contribution is 2.35. The van der Waals surface area contributed by atoms with Crippen molar-refractivity contribution in [2.24, 2.45) is 0 Å². The maximum atomic E-state index is 12.7. The first-order valence-electron chi connectivity index (χ1n) is 9.52. The van der Waals surface area contributed by atoms with Crippen LogP contribution in [-0.4, -0.2) is 51.8 Å². The number of hydrogen-bond donors (Lipinski definition) is 2. The van der Waals surface area contributed by atoms with E-state index in [4.69, 9.17) is 9.72 Å². The lowest BCUT2D eigenvalue weighted by Gasteiger charge is -2.33. The Kier molecular flexibility index (Phi) is 4.76. The van der Waals surface area contributed by atoms with Crippen LogP contribution in [0.3, 0.4) is 0 Å².